The highest BCUT2D eigenvalue weighted by molar-refractivity contribution is 7.07. The van der Waals surface area contributed by atoms with E-state index in [-0.39, 0.29) is 17.7 Å². The number of alkyl halides is 3. The Morgan fingerprint density at radius 2 is 1.73 bits per heavy atom. The molecule has 2 aromatic heterocycles. The third-order valence-electron chi connectivity index (χ3n) is 7.71. The summed E-state index contributed by atoms with van der Waals surface area (Å²) in [6.45, 7) is 8.89. The lowest BCUT2D eigenvalue weighted by molar-refractivity contribution is -0.274. The van der Waals surface area contributed by atoms with Crippen molar-refractivity contribution in [1.29, 1.82) is 0 Å². The summed E-state index contributed by atoms with van der Waals surface area (Å²) < 4.78 is 50.2. The predicted molar refractivity (Wildman–Crippen MR) is 179 cm³/mol. The summed E-state index contributed by atoms with van der Waals surface area (Å²) in [5.74, 6) is 1.50. The Hall–Kier alpha value is -4.91. The molecule has 0 aliphatic carbocycles. The van der Waals surface area contributed by atoms with Crippen LogP contribution in [0.25, 0.3) is 22.8 Å². The lowest BCUT2D eigenvalue weighted by atomic mass is 9.97. The molecule has 1 N–H and O–H groups in total. The molecular weight excluding hydrogens is 641 g/mol. The molecule has 2 heterocycles. The van der Waals surface area contributed by atoms with Gasteiger partial charge in [0.1, 0.15) is 17.8 Å². The van der Waals surface area contributed by atoms with Crippen molar-refractivity contribution >= 4 is 17.4 Å². The molecule has 252 valence electrons. The molecule has 0 aliphatic rings. The fourth-order valence-electron chi connectivity index (χ4n) is 5.26. The number of urea groups is 1. The highest BCUT2D eigenvalue weighted by Crippen LogP contribution is 2.28. The van der Waals surface area contributed by atoms with E-state index in [0.717, 1.165) is 46.7 Å². The molecule has 0 aliphatic heterocycles. The number of benzene rings is 3. The van der Waals surface area contributed by atoms with E-state index in [1.165, 1.54) is 46.6 Å². The second-order valence-electron chi connectivity index (χ2n) is 11.8. The van der Waals surface area contributed by atoms with Crippen LogP contribution in [0.2, 0.25) is 0 Å². The van der Waals surface area contributed by atoms with Crippen LogP contribution in [0, 0.1) is 12.8 Å². The molecule has 1 atom stereocenters. The lowest BCUT2D eigenvalue weighted by Gasteiger charge is -2.16. The Morgan fingerprint density at radius 3 is 2.40 bits per heavy atom. The van der Waals surface area contributed by atoms with Gasteiger partial charge in [-0.25, -0.2) is 14.5 Å². The molecule has 0 radical (unpaired) electrons. The summed E-state index contributed by atoms with van der Waals surface area (Å²) >= 11 is 1.42. The van der Waals surface area contributed by atoms with Gasteiger partial charge in [0.2, 0.25) is 0 Å². The van der Waals surface area contributed by atoms with Gasteiger partial charge in [-0.2, -0.15) is 4.99 Å². The molecule has 0 saturated carbocycles. The van der Waals surface area contributed by atoms with Crippen molar-refractivity contribution in [1.82, 2.24) is 24.6 Å². The van der Waals surface area contributed by atoms with Gasteiger partial charge in [-0.1, -0.05) is 51.1 Å². The van der Waals surface area contributed by atoms with Crippen molar-refractivity contribution in [2.75, 3.05) is 13.7 Å². The van der Waals surface area contributed by atoms with Crippen LogP contribution >= 0.6 is 11.3 Å². The minimum absolute atomic E-state index is 0.275. The lowest BCUT2D eigenvalue weighted by Crippen LogP contribution is -2.26. The van der Waals surface area contributed by atoms with Gasteiger partial charge in [-0.05, 0) is 73.1 Å². The van der Waals surface area contributed by atoms with Gasteiger partial charge in [-0.3, -0.25) is 4.57 Å². The first-order valence-electron chi connectivity index (χ1n) is 15.5. The number of hydrogen-bond acceptors (Lipinski definition) is 6. The molecule has 0 fully saturated rings. The van der Waals surface area contributed by atoms with Gasteiger partial charge in [0.05, 0.1) is 18.5 Å². The zero-order valence-corrected chi connectivity index (χ0v) is 28.1. The summed E-state index contributed by atoms with van der Waals surface area (Å²) in [4.78, 5) is 22.2. The highest BCUT2D eigenvalue weighted by Gasteiger charge is 2.31. The molecule has 9 nitrogen and oxygen atoms in total. The van der Waals surface area contributed by atoms with E-state index in [9.17, 15) is 18.0 Å². The zero-order chi connectivity index (χ0) is 34.4. The fourth-order valence-corrected chi connectivity index (χ4v) is 6.13. The average Bonchev–Trinajstić information content (AvgIpc) is 3.67. The summed E-state index contributed by atoms with van der Waals surface area (Å²) in [5.41, 5.74) is 5.57. The van der Waals surface area contributed by atoms with Crippen LogP contribution in [0.4, 0.5) is 18.0 Å². The molecule has 0 spiro atoms. The Morgan fingerprint density at radius 1 is 1.02 bits per heavy atom. The second kappa shape index (κ2) is 14.9. The number of thiazole rings is 1. The van der Waals surface area contributed by atoms with Crippen LogP contribution < -0.4 is 19.6 Å². The van der Waals surface area contributed by atoms with Gasteiger partial charge in [0.25, 0.3) is 0 Å². The monoisotopic (exact) mass is 678 g/mol. The average molecular weight is 679 g/mol. The maximum absolute atomic E-state index is 12.8. The quantitative estimate of drug-likeness (QED) is 0.153. The molecule has 0 saturated heterocycles. The standard InChI is InChI=1S/C35H37F3N6O3S/c1-22(2)30-15-14-29(46-5)19-31(30)44-24(4)20-48-34(44)41-33(45)39-17-16-23(3)18-25-6-8-26(9-7-25)32-40-21-43(42-32)27-10-12-28(13-11-27)47-35(36,37)38/h6-15,19-23H,16-18H2,1-5H3,(H,39,45)/b41-34-. The van der Waals surface area contributed by atoms with Crippen molar-refractivity contribution < 1.29 is 27.4 Å². The van der Waals surface area contributed by atoms with Gasteiger partial charge in [0, 0.05) is 29.2 Å². The molecular formula is C35H37F3N6O3S. The van der Waals surface area contributed by atoms with Crippen LogP contribution in [-0.2, 0) is 6.42 Å². The number of methoxy groups -OCH3 is 1. The Balaban J connectivity index is 1.15. The Labute approximate surface area is 280 Å². The van der Waals surface area contributed by atoms with Crippen LogP contribution in [0.15, 0.2) is 83.4 Å². The Bertz CT molecular complexity index is 1910. The molecule has 0 bridgehead atoms. The highest BCUT2D eigenvalue weighted by atomic mass is 32.1. The predicted octanol–water partition coefficient (Wildman–Crippen LogP) is 8.00. The molecule has 5 rings (SSSR count). The molecule has 1 unspecified atom stereocenters. The van der Waals surface area contributed by atoms with E-state index < -0.39 is 6.36 Å². The number of halogens is 3. The van der Waals surface area contributed by atoms with Crippen molar-refractivity contribution in [2.24, 2.45) is 10.9 Å². The van der Waals surface area contributed by atoms with Gasteiger partial charge < -0.3 is 14.8 Å². The third-order valence-corrected chi connectivity index (χ3v) is 8.66. The van der Waals surface area contributed by atoms with Crippen molar-refractivity contribution in [3.05, 3.63) is 100 Å². The minimum atomic E-state index is -4.75. The number of nitrogens with one attached hydrogen (secondary N) is 1. The Kier molecular flexibility index (Phi) is 10.7. The van der Waals surface area contributed by atoms with Crippen LogP contribution in [0.1, 0.15) is 49.9 Å². The van der Waals surface area contributed by atoms with Gasteiger partial charge in [-0.15, -0.1) is 29.6 Å². The molecule has 48 heavy (non-hydrogen) atoms. The minimum Gasteiger partial charge on any atom is -0.497 e. The maximum atomic E-state index is 12.8. The first kappa shape index (κ1) is 34.4. The van der Waals surface area contributed by atoms with Crippen molar-refractivity contribution in [3.8, 4) is 34.3 Å². The normalized spacial score (nSPS) is 12.7. The summed E-state index contributed by atoms with van der Waals surface area (Å²) in [7, 11) is 1.64. The molecule has 2 amide bonds. The SMILES string of the molecule is COc1ccc(C(C)C)c(-n2c(C)cs/c2=N\C(=O)NCCC(C)Cc2ccc(-c3ncn(-c4ccc(OC(F)(F)F)cc4)n3)cc2)c1. The van der Waals surface area contributed by atoms with Crippen molar-refractivity contribution in [2.45, 2.75) is 52.8 Å². The van der Waals surface area contributed by atoms with E-state index in [0.29, 0.717) is 28.8 Å². The maximum Gasteiger partial charge on any atom is 0.573 e. The largest absolute Gasteiger partial charge is 0.573 e. The smallest absolute Gasteiger partial charge is 0.497 e. The third kappa shape index (κ3) is 8.71. The summed E-state index contributed by atoms with van der Waals surface area (Å²) in [6, 6.07) is 18.9. The van der Waals surface area contributed by atoms with Gasteiger partial charge in [0.15, 0.2) is 10.6 Å². The fraction of sp³-hybridized carbons (Fsp3) is 0.314. The number of aromatic nitrogens is 4. The van der Waals surface area contributed by atoms with E-state index in [1.54, 1.807) is 7.11 Å². The van der Waals surface area contributed by atoms with E-state index >= 15 is 0 Å². The number of ether oxygens (including phenoxy) is 2. The number of nitrogens with zero attached hydrogens (tertiary/aromatic N) is 5. The number of rotatable bonds is 11. The first-order chi connectivity index (χ1) is 22.9. The number of carbonyl (C=O) groups excluding carboxylic acids is 1. The van der Waals surface area contributed by atoms with Crippen LogP contribution in [-0.4, -0.2) is 45.4 Å². The van der Waals surface area contributed by atoms with E-state index in [2.05, 4.69) is 52.0 Å². The molecule has 3 aromatic carbocycles. The first-order valence-corrected chi connectivity index (χ1v) is 16.3. The van der Waals surface area contributed by atoms with Gasteiger partial charge >= 0.3 is 12.4 Å². The summed E-state index contributed by atoms with van der Waals surface area (Å²) in [5, 5.41) is 9.40. The van der Waals surface area contributed by atoms with E-state index in [1.807, 2.05) is 53.3 Å². The second-order valence-corrected chi connectivity index (χ2v) is 12.6. The van der Waals surface area contributed by atoms with E-state index in [4.69, 9.17) is 4.74 Å². The number of carbonyl (C=O) groups is 1. The number of amides is 2. The topological polar surface area (TPSA) is 95.6 Å². The van der Waals surface area contributed by atoms with Crippen molar-refractivity contribution in [3.63, 3.8) is 0 Å². The van der Waals surface area contributed by atoms with Crippen LogP contribution in [0.3, 0.4) is 0 Å². The molecule has 5 aromatic rings. The molecule has 13 heteroatoms. The number of hydrogen-bond donors (Lipinski definition) is 1. The summed E-state index contributed by atoms with van der Waals surface area (Å²) in [6.07, 6.45) is -1.65. The van der Waals surface area contributed by atoms with Crippen LogP contribution in [0.5, 0.6) is 11.5 Å². The zero-order valence-electron chi connectivity index (χ0n) is 27.3. The number of aryl methyl sites for hydroxylation is 1.